The molecular formula is C31H40. The molecule has 3 aliphatic carbocycles. The van der Waals surface area contributed by atoms with Crippen molar-refractivity contribution in [2.75, 3.05) is 0 Å². The summed E-state index contributed by atoms with van der Waals surface area (Å²) in [5, 5.41) is 0. The van der Waals surface area contributed by atoms with Crippen LogP contribution in [0.1, 0.15) is 85.4 Å². The Morgan fingerprint density at radius 1 is 0.903 bits per heavy atom. The minimum Gasteiger partial charge on any atom is -0.0952 e. The summed E-state index contributed by atoms with van der Waals surface area (Å²) in [7, 11) is 0. The first-order valence-electron chi connectivity index (χ1n) is 13.0. The summed E-state index contributed by atoms with van der Waals surface area (Å²) >= 11 is 0. The minimum atomic E-state index is 0.793. The third-order valence-electron chi connectivity index (χ3n) is 8.85. The second-order valence-corrected chi connectivity index (χ2v) is 10.9. The molecule has 31 heavy (non-hydrogen) atoms. The Bertz CT molecular complexity index is 945. The molecule has 3 unspecified atom stereocenters. The van der Waals surface area contributed by atoms with E-state index in [0.717, 1.165) is 23.7 Å². The van der Waals surface area contributed by atoms with Crippen molar-refractivity contribution in [1.82, 2.24) is 0 Å². The lowest BCUT2D eigenvalue weighted by atomic mass is 9.78. The predicted molar refractivity (Wildman–Crippen MR) is 134 cm³/mol. The van der Waals surface area contributed by atoms with Crippen molar-refractivity contribution in [3.05, 3.63) is 75.9 Å². The number of hydrogen-bond acceptors (Lipinski definition) is 0. The molecule has 2 aromatic rings. The van der Waals surface area contributed by atoms with E-state index in [0.29, 0.717) is 0 Å². The van der Waals surface area contributed by atoms with Crippen LogP contribution in [0.4, 0.5) is 0 Å². The SMILES string of the molecule is C=C(CC1CCCC1C1Cc2cc(CC)c(CC)cc2C1)c1cccc2c1CC(C)C2. The van der Waals surface area contributed by atoms with E-state index in [1.807, 2.05) is 0 Å². The summed E-state index contributed by atoms with van der Waals surface area (Å²) in [6.45, 7) is 11.7. The molecule has 0 amide bonds. The van der Waals surface area contributed by atoms with Gasteiger partial charge in [-0.25, -0.2) is 0 Å². The van der Waals surface area contributed by atoms with Crippen LogP contribution in [-0.2, 0) is 38.5 Å². The average molecular weight is 413 g/mol. The van der Waals surface area contributed by atoms with E-state index >= 15 is 0 Å². The highest BCUT2D eigenvalue weighted by Gasteiger charge is 2.37. The molecule has 0 radical (unpaired) electrons. The van der Waals surface area contributed by atoms with E-state index in [9.17, 15) is 0 Å². The lowest BCUT2D eigenvalue weighted by Gasteiger charge is -2.27. The van der Waals surface area contributed by atoms with Crippen LogP contribution >= 0.6 is 0 Å². The number of hydrogen-bond donors (Lipinski definition) is 0. The van der Waals surface area contributed by atoms with Crippen molar-refractivity contribution < 1.29 is 0 Å². The normalized spacial score (nSPS) is 25.1. The molecule has 1 saturated carbocycles. The van der Waals surface area contributed by atoms with Crippen molar-refractivity contribution in [1.29, 1.82) is 0 Å². The smallest absolute Gasteiger partial charge is 0.0195 e. The molecule has 0 heteroatoms. The van der Waals surface area contributed by atoms with Gasteiger partial charge in [0.2, 0.25) is 0 Å². The summed E-state index contributed by atoms with van der Waals surface area (Å²) < 4.78 is 0. The molecule has 3 aliphatic rings. The van der Waals surface area contributed by atoms with E-state index in [1.165, 1.54) is 75.3 Å². The van der Waals surface area contributed by atoms with Crippen LogP contribution in [0.5, 0.6) is 0 Å². The zero-order valence-corrected chi connectivity index (χ0v) is 20.0. The molecule has 164 valence electrons. The van der Waals surface area contributed by atoms with Gasteiger partial charge in [-0.2, -0.15) is 0 Å². The van der Waals surface area contributed by atoms with E-state index in [-0.39, 0.29) is 0 Å². The molecule has 0 N–H and O–H groups in total. The van der Waals surface area contributed by atoms with Gasteiger partial charge in [0.15, 0.2) is 0 Å². The van der Waals surface area contributed by atoms with Crippen molar-refractivity contribution >= 4 is 5.57 Å². The molecule has 0 aromatic heterocycles. The maximum atomic E-state index is 4.64. The highest BCUT2D eigenvalue weighted by molar-refractivity contribution is 5.68. The number of aryl methyl sites for hydroxylation is 2. The van der Waals surface area contributed by atoms with E-state index in [2.05, 4.69) is 57.7 Å². The van der Waals surface area contributed by atoms with Crippen molar-refractivity contribution in [3.63, 3.8) is 0 Å². The number of rotatable bonds is 6. The lowest BCUT2D eigenvalue weighted by Crippen LogP contribution is -2.20. The van der Waals surface area contributed by atoms with Gasteiger partial charge in [0.25, 0.3) is 0 Å². The van der Waals surface area contributed by atoms with Crippen LogP contribution in [-0.4, -0.2) is 0 Å². The fraction of sp³-hybridized carbons (Fsp3) is 0.548. The predicted octanol–water partition coefficient (Wildman–Crippen LogP) is 7.78. The molecule has 0 nitrogen and oxygen atoms in total. The quantitative estimate of drug-likeness (QED) is 0.454. The molecule has 0 bridgehead atoms. The first-order valence-corrected chi connectivity index (χ1v) is 13.0. The maximum Gasteiger partial charge on any atom is -0.0195 e. The Morgan fingerprint density at radius 3 is 2.29 bits per heavy atom. The molecule has 5 rings (SSSR count). The largest absolute Gasteiger partial charge is 0.0952 e. The van der Waals surface area contributed by atoms with Gasteiger partial charge in [-0.15, -0.1) is 0 Å². The fourth-order valence-electron chi connectivity index (χ4n) is 7.33. The summed E-state index contributed by atoms with van der Waals surface area (Å²) in [4.78, 5) is 0. The zero-order chi connectivity index (χ0) is 21.5. The van der Waals surface area contributed by atoms with Crippen molar-refractivity contribution in [2.24, 2.45) is 23.7 Å². The van der Waals surface area contributed by atoms with Crippen molar-refractivity contribution in [3.8, 4) is 0 Å². The number of fused-ring (bicyclic) bond motifs is 2. The van der Waals surface area contributed by atoms with Gasteiger partial charge in [0.05, 0.1) is 0 Å². The highest BCUT2D eigenvalue weighted by Crippen LogP contribution is 2.47. The first kappa shape index (κ1) is 21.0. The monoisotopic (exact) mass is 412 g/mol. The van der Waals surface area contributed by atoms with Crippen LogP contribution in [0, 0.1) is 23.7 Å². The van der Waals surface area contributed by atoms with Gasteiger partial charge < -0.3 is 0 Å². The summed E-state index contributed by atoms with van der Waals surface area (Å²) in [5.74, 6) is 3.36. The van der Waals surface area contributed by atoms with E-state index in [1.54, 1.807) is 33.4 Å². The van der Waals surface area contributed by atoms with Crippen LogP contribution in [0.25, 0.3) is 5.57 Å². The van der Waals surface area contributed by atoms with Crippen molar-refractivity contribution in [2.45, 2.75) is 85.0 Å². The third kappa shape index (κ3) is 3.92. The second-order valence-electron chi connectivity index (χ2n) is 10.9. The van der Waals surface area contributed by atoms with Gasteiger partial charge >= 0.3 is 0 Å². The van der Waals surface area contributed by atoms with Crippen LogP contribution in [0.2, 0.25) is 0 Å². The Morgan fingerprint density at radius 2 is 1.61 bits per heavy atom. The summed E-state index contributed by atoms with van der Waals surface area (Å²) in [5.41, 5.74) is 12.6. The minimum absolute atomic E-state index is 0.793. The molecule has 3 atom stereocenters. The topological polar surface area (TPSA) is 0 Å². The number of allylic oxidation sites excluding steroid dienone is 1. The first-order chi connectivity index (χ1) is 15.1. The van der Waals surface area contributed by atoms with Gasteiger partial charge in [0, 0.05) is 0 Å². The van der Waals surface area contributed by atoms with Gasteiger partial charge in [-0.3, -0.25) is 0 Å². The van der Waals surface area contributed by atoms with E-state index < -0.39 is 0 Å². The lowest BCUT2D eigenvalue weighted by molar-refractivity contribution is 0.272. The zero-order valence-electron chi connectivity index (χ0n) is 20.0. The molecule has 0 heterocycles. The Kier molecular flexibility index (Phi) is 5.84. The van der Waals surface area contributed by atoms with Gasteiger partial charge in [-0.05, 0) is 126 Å². The van der Waals surface area contributed by atoms with Crippen LogP contribution in [0.3, 0.4) is 0 Å². The molecule has 2 aromatic carbocycles. The third-order valence-corrected chi connectivity index (χ3v) is 8.85. The van der Waals surface area contributed by atoms with E-state index in [4.69, 9.17) is 0 Å². The fourth-order valence-corrected chi connectivity index (χ4v) is 7.33. The van der Waals surface area contributed by atoms with Gasteiger partial charge in [-0.1, -0.05) is 64.1 Å². The molecule has 1 fully saturated rings. The van der Waals surface area contributed by atoms with Crippen LogP contribution < -0.4 is 0 Å². The Balaban J connectivity index is 1.31. The Labute approximate surface area is 190 Å². The van der Waals surface area contributed by atoms with Crippen LogP contribution in [0.15, 0.2) is 36.9 Å². The summed E-state index contributed by atoms with van der Waals surface area (Å²) in [6, 6.07) is 12.1. The molecular weight excluding hydrogens is 372 g/mol. The summed E-state index contributed by atoms with van der Waals surface area (Å²) in [6.07, 6.45) is 12.9. The highest BCUT2D eigenvalue weighted by atomic mass is 14.4. The maximum absolute atomic E-state index is 4.64. The second kappa shape index (κ2) is 8.61. The molecule has 0 spiro atoms. The van der Waals surface area contributed by atoms with Gasteiger partial charge in [0.1, 0.15) is 0 Å². The Hall–Kier alpha value is -1.82. The molecule has 0 aliphatic heterocycles. The average Bonchev–Trinajstić information content (AvgIpc) is 3.48. The standard InChI is InChI=1S/C31H40/c1-5-22-16-26-18-28(19-27(26)17-23(22)6-2)30-12-8-10-25(30)15-21(4)29-11-7-9-24-13-20(3)14-31(24)29/h7,9,11,16-17,20,25,28,30H,4-6,8,10,12-15,18-19H2,1-3H3. The molecule has 0 saturated heterocycles. The number of benzene rings is 2.